The number of likely N-dealkylation sites (tertiary alicyclic amines) is 1. The Labute approximate surface area is 137 Å². The van der Waals surface area contributed by atoms with Crippen LogP contribution < -0.4 is 11.5 Å². The molecule has 3 rings (SSSR count). The van der Waals surface area contributed by atoms with Crippen LogP contribution in [0.25, 0.3) is 0 Å². The maximum absolute atomic E-state index is 12.6. The van der Waals surface area contributed by atoms with Crippen LogP contribution in [0.15, 0.2) is 54.6 Å². The first-order chi connectivity index (χ1) is 11.2. The number of hydrogen-bond donors (Lipinski definition) is 2. The first-order valence-corrected chi connectivity index (χ1v) is 8.04. The summed E-state index contributed by atoms with van der Waals surface area (Å²) in [6.45, 7) is 2.09. The topological polar surface area (TPSA) is 72.3 Å². The number of nitrogen functional groups attached to an aromatic ring is 1. The molecule has 0 radical (unpaired) electrons. The van der Waals surface area contributed by atoms with Crippen LogP contribution in [0, 0.1) is 5.92 Å². The van der Waals surface area contributed by atoms with E-state index in [0.29, 0.717) is 24.8 Å². The van der Waals surface area contributed by atoms with Crippen molar-refractivity contribution in [3.05, 3.63) is 65.7 Å². The maximum Gasteiger partial charge on any atom is 0.227 e. The van der Waals surface area contributed by atoms with Crippen molar-refractivity contribution in [1.82, 2.24) is 4.90 Å². The van der Waals surface area contributed by atoms with Gasteiger partial charge in [0.1, 0.15) is 0 Å². The van der Waals surface area contributed by atoms with E-state index in [0.717, 1.165) is 24.3 Å². The van der Waals surface area contributed by atoms with Crippen LogP contribution in [-0.4, -0.2) is 30.4 Å². The van der Waals surface area contributed by atoms with Crippen molar-refractivity contribution >= 4 is 11.6 Å². The molecule has 4 N–H and O–H groups in total. The largest absolute Gasteiger partial charge is 0.399 e. The molecule has 120 valence electrons. The van der Waals surface area contributed by atoms with Crippen molar-refractivity contribution in [2.75, 3.05) is 25.4 Å². The van der Waals surface area contributed by atoms with E-state index in [4.69, 9.17) is 11.5 Å². The zero-order valence-electron chi connectivity index (χ0n) is 13.2. The average molecular weight is 309 g/mol. The van der Waals surface area contributed by atoms with Gasteiger partial charge in [0.2, 0.25) is 5.91 Å². The fourth-order valence-electron chi connectivity index (χ4n) is 3.31. The van der Waals surface area contributed by atoms with Gasteiger partial charge >= 0.3 is 0 Å². The molecule has 23 heavy (non-hydrogen) atoms. The van der Waals surface area contributed by atoms with Gasteiger partial charge in [0.15, 0.2) is 0 Å². The van der Waals surface area contributed by atoms with Crippen molar-refractivity contribution in [2.45, 2.75) is 12.3 Å². The van der Waals surface area contributed by atoms with Crippen molar-refractivity contribution in [3.8, 4) is 0 Å². The smallest absolute Gasteiger partial charge is 0.227 e. The molecule has 4 heteroatoms. The van der Waals surface area contributed by atoms with Crippen LogP contribution in [0.3, 0.4) is 0 Å². The van der Waals surface area contributed by atoms with Gasteiger partial charge in [0, 0.05) is 24.7 Å². The van der Waals surface area contributed by atoms with Gasteiger partial charge in [0.25, 0.3) is 0 Å². The number of amides is 1. The van der Waals surface area contributed by atoms with Gasteiger partial charge in [-0.05, 0) is 35.7 Å². The van der Waals surface area contributed by atoms with E-state index in [1.54, 1.807) is 0 Å². The van der Waals surface area contributed by atoms with E-state index in [9.17, 15) is 4.79 Å². The fourth-order valence-corrected chi connectivity index (χ4v) is 3.31. The molecular weight excluding hydrogens is 286 g/mol. The number of carbonyl (C=O) groups excluding carboxylic acids is 1. The highest BCUT2D eigenvalue weighted by Gasteiger charge is 2.34. The molecule has 0 saturated carbocycles. The second-order valence-corrected chi connectivity index (χ2v) is 6.23. The quantitative estimate of drug-likeness (QED) is 0.849. The van der Waals surface area contributed by atoms with Gasteiger partial charge in [-0.15, -0.1) is 0 Å². The molecule has 0 unspecified atom stereocenters. The van der Waals surface area contributed by atoms with Gasteiger partial charge in [-0.3, -0.25) is 4.79 Å². The summed E-state index contributed by atoms with van der Waals surface area (Å²) in [5.74, 6) is 0.816. The number of anilines is 1. The normalized spacial score (nSPS) is 20.7. The molecular formula is C19H23N3O. The highest BCUT2D eigenvalue weighted by molar-refractivity contribution is 5.79. The molecule has 1 aliphatic heterocycles. The molecule has 0 spiro atoms. The minimum atomic E-state index is 0.159. The minimum Gasteiger partial charge on any atom is -0.399 e. The van der Waals surface area contributed by atoms with E-state index in [1.165, 1.54) is 5.56 Å². The third-order valence-corrected chi connectivity index (χ3v) is 4.66. The Hall–Kier alpha value is -2.33. The lowest BCUT2D eigenvalue weighted by Crippen LogP contribution is -2.31. The van der Waals surface area contributed by atoms with Crippen LogP contribution in [0.2, 0.25) is 0 Å². The second-order valence-electron chi connectivity index (χ2n) is 6.23. The lowest BCUT2D eigenvalue weighted by Gasteiger charge is -2.17. The highest BCUT2D eigenvalue weighted by Crippen LogP contribution is 2.32. The minimum absolute atomic E-state index is 0.159. The molecule has 1 aliphatic rings. The van der Waals surface area contributed by atoms with E-state index >= 15 is 0 Å². The van der Waals surface area contributed by atoms with Crippen molar-refractivity contribution in [2.24, 2.45) is 11.7 Å². The molecule has 2 atom stereocenters. The Morgan fingerprint density at radius 3 is 2.39 bits per heavy atom. The number of nitrogens with two attached hydrogens (primary N) is 2. The third kappa shape index (κ3) is 3.54. The van der Waals surface area contributed by atoms with Crippen LogP contribution in [0.4, 0.5) is 5.69 Å². The molecule has 4 nitrogen and oxygen atoms in total. The van der Waals surface area contributed by atoms with Gasteiger partial charge in [-0.1, -0.05) is 42.5 Å². The van der Waals surface area contributed by atoms with Gasteiger partial charge in [-0.25, -0.2) is 0 Å². The zero-order chi connectivity index (χ0) is 16.2. The highest BCUT2D eigenvalue weighted by atomic mass is 16.2. The Balaban J connectivity index is 1.69. The molecule has 1 saturated heterocycles. The Morgan fingerprint density at radius 1 is 1.04 bits per heavy atom. The van der Waals surface area contributed by atoms with Gasteiger partial charge in [-0.2, -0.15) is 0 Å². The zero-order valence-corrected chi connectivity index (χ0v) is 13.2. The summed E-state index contributed by atoms with van der Waals surface area (Å²) >= 11 is 0. The van der Waals surface area contributed by atoms with Crippen LogP contribution in [-0.2, 0) is 11.2 Å². The first kappa shape index (κ1) is 15.6. The fraction of sp³-hybridized carbons (Fsp3) is 0.316. The van der Waals surface area contributed by atoms with Crippen molar-refractivity contribution in [1.29, 1.82) is 0 Å². The molecule has 2 aromatic rings. The summed E-state index contributed by atoms with van der Waals surface area (Å²) in [6, 6.07) is 17.9. The Kier molecular flexibility index (Phi) is 4.63. The molecule has 1 amide bonds. The third-order valence-electron chi connectivity index (χ3n) is 4.66. The molecule has 0 aromatic heterocycles. The van der Waals surface area contributed by atoms with Crippen LogP contribution in [0.1, 0.15) is 17.0 Å². The number of carbonyl (C=O) groups is 1. The molecule has 0 bridgehead atoms. The summed E-state index contributed by atoms with van der Waals surface area (Å²) in [5, 5.41) is 0. The average Bonchev–Trinajstić information content (AvgIpc) is 3.02. The van der Waals surface area contributed by atoms with Gasteiger partial charge in [0.05, 0.1) is 6.42 Å². The second kappa shape index (κ2) is 6.84. The van der Waals surface area contributed by atoms with Gasteiger partial charge < -0.3 is 16.4 Å². The van der Waals surface area contributed by atoms with Crippen LogP contribution in [0.5, 0.6) is 0 Å². The molecule has 1 fully saturated rings. The summed E-state index contributed by atoms with van der Waals surface area (Å²) in [5.41, 5.74) is 14.6. The number of rotatable bonds is 4. The molecule has 1 heterocycles. The predicted molar refractivity (Wildman–Crippen MR) is 92.9 cm³/mol. The lowest BCUT2D eigenvalue weighted by atomic mass is 9.89. The Morgan fingerprint density at radius 2 is 1.74 bits per heavy atom. The van der Waals surface area contributed by atoms with Crippen molar-refractivity contribution < 1.29 is 4.79 Å². The lowest BCUT2D eigenvalue weighted by molar-refractivity contribution is -0.129. The predicted octanol–water partition coefficient (Wildman–Crippen LogP) is 2.01. The number of benzene rings is 2. The van der Waals surface area contributed by atoms with E-state index in [-0.39, 0.29) is 5.91 Å². The summed E-state index contributed by atoms with van der Waals surface area (Å²) in [4.78, 5) is 14.5. The SMILES string of the molecule is NC[C@@H]1CN(C(=O)Cc2ccc(N)cc2)C[C@H]1c1ccccc1. The number of hydrogen-bond acceptors (Lipinski definition) is 3. The molecule has 2 aromatic carbocycles. The summed E-state index contributed by atoms with van der Waals surface area (Å²) in [7, 11) is 0. The monoisotopic (exact) mass is 309 g/mol. The van der Waals surface area contributed by atoms with E-state index < -0.39 is 0 Å². The summed E-state index contributed by atoms with van der Waals surface area (Å²) < 4.78 is 0. The van der Waals surface area contributed by atoms with Crippen molar-refractivity contribution in [3.63, 3.8) is 0 Å². The van der Waals surface area contributed by atoms with Crippen LogP contribution >= 0.6 is 0 Å². The van der Waals surface area contributed by atoms with E-state index in [1.807, 2.05) is 47.4 Å². The molecule has 0 aliphatic carbocycles. The Bertz CT molecular complexity index is 654. The maximum atomic E-state index is 12.6. The standard InChI is InChI=1S/C19H23N3O/c20-11-16-12-22(13-18(16)15-4-2-1-3-5-15)19(23)10-14-6-8-17(21)9-7-14/h1-9,16,18H,10-13,20-21H2/t16-,18+/m1/s1. The first-order valence-electron chi connectivity index (χ1n) is 8.04. The summed E-state index contributed by atoms with van der Waals surface area (Å²) in [6.07, 6.45) is 0.416. The number of nitrogens with zero attached hydrogens (tertiary/aromatic N) is 1. The van der Waals surface area contributed by atoms with E-state index in [2.05, 4.69) is 12.1 Å².